The Morgan fingerprint density at radius 1 is 1.29 bits per heavy atom. The number of nitrogens with zero attached hydrogens (tertiary/aromatic N) is 2. The van der Waals surface area contributed by atoms with Crippen LogP contribution in [0.2, 0.25) is 0 Å². The van der Waals surface area contributed by atoms with Crippen molar-refractivity contribution in [3.05, 3.63) is 47.6 Å². The van der Waals surface area contributed by atoms with Crippen molar-refractivity contribution >= 4 is 5.78 Å². The second kappa shape index (κ2) is 4.91. The molecule has 1 heterocycles. The van der Waals surface area contributed by atoms with Gasteiger partial charge in [-0.25, -0.2) is 0 Å². The topological polar surface area (TPSA) is 56.0 Å². The van der Waals surface area contributed by atoms with Crippen LogP contribution in [-0.2, 0) is 6.42 Å². The van der Waals surface area contributed by atoms with Gasteiger partial charge in [0.25, 0.3) is 0 Å². The van der Waals surface area contributed by atoms with Crippen LogP contribution < -0.4 is 0 Å². The van der Waals surface area contributed by atoms with Crippen molar-refractivity contribution in [2.24, 2.45) is 0 Å². The van der Waals surface area contributed by atoms with Crippen LogP contribution >= 0.6 is 0 Å². The average Bonchev–Trinajstić information content (AvgIpc) is 2.79. The van der Waals surface area contributed by atoms with E-state index in [0.29, 0.717) is 17.3 Å². The molecule has 0 amide bonds. The number of carbonyl (C=O) groups is 1. The Kier molecular flexibility index (Phi) is 3.32. The quantitative estimate of drug-likeness (QED) is 0.757. The average molecular weight is 230 g/mol. The Labute approximate surface area is 99.7 Å². The minimum atomic E-state index is -0.00967. The monoisotopic (exact) mass is 230 g/mol. The highest BCUT2D eigenvalue weighted by Crippen LogP contribution is 2.11. The Morgan fingerprint density at radius 2 is 2.00 bits per heavy atom. The highest BCUT2D eigenvalue weighted by atomic mass is 16.5. The second-order valence-corrected chi connectivity index (χ2v) is 4.17. The van der Waals surface area contributed by atoms with Gasteiger partial charge in [0, 0.05) is 11.5 Å². The number of hydrogen-bond donors (Lipinski definition) is 0. The molecule has 88 valence electrons. The van der Waals surface area contributed by atoms with Gasteiger partial charge in [0.1, 0.15) is 0 Å². The zero-order valence-electron chi connectivity index (χ0n) is 9.88. The highest BCUT2D eigenvalue weighted by Gasteiger charge is 2.14. The number of hydrogen-bond acceptors (Lipinski definition) is 4. The first-order valence-electron chi connectivity index (χ1n) is 5.57. The van der Waals surface area contributed by atoms with E-state index in [1.807, 2.05) is 32.0 Å². The molecule has 4 heteroatoms. The van der Waals surface area contributed by atoms with Crippen LogP contribution in [0.3, 0.4) is 0 Å². The fourth-order valence-corrected chi connectivity index (χ4v) is 1.44. The number of carbonyl (C=O) groups excluding carboxylic acids is 1. The molecule has 0 aliphatic heterocycles. The summed E-state index contributed by atoms with van der Waals surface area (Å²) < 4.78 is 5.04. The van der Waals surface area contributed by atoms with Gasteiger partial charge in [-0.05, 0) is 0 Å². The summed E-state index contributed by atoms with van der Waals surface area (Å²) in [5.41, 5.74) is 0.664. The van der Waals surface area contributed by atoms with Crippen LogP contribution in [0.15, 0.2) is 34.9 Å². The maximum Gasteiger partial charge on any atom is 0.234 e. The third-order valence-corrected chi connectivity index (χ3v) is 2.41. The van der Waals surface area contributed by atoms with Crippen molar-refractivity contribution in [3.63, 3.8) is 0 Å². The van der Waals surface area contributed by atoms with Crippen molar-refractivity contribution < 1.29 is 9.32 Å². The zero-order chi connectivity index (χ0) is 12.3. The molecule has 0 N–H and O–H groups in total. The summed E-state index contributed by atoms with van der Waals surface area (Å²) in [6.07, 6.45) is 0.156. The summed E-state index contributed by atoms with van der Waals surface area (Å²) >= 11 is 0. The fraction of sp³-hybridized carbons (Fsp3) is 0.308. The molecule has 0 fully saturated rings. The third-order valence-electron chi connectivity index (χ3n) is 2.41. The predicted molar refractivity (Wildman–Crippen MR) is 62.9 cm³/mol. The number of Topliss-reactive ketones (excluding diaryl/α,β-unsaturated/α-hetero) is 1. The lowest BCUT2D eigenvalue weighted by molar-refractivity contribution is 0.0983. The standard InChI is InChI=1S/C13H14N2O2/c1-9(2)13-14-12(17-15-13)8-11(16)10-6-4-3-5-7-10/h3-7,9H,8H2,1-2H3. The van der Waals surface area contributed by atoms with Gasteiger partial charge < -0.3 is 4.52 Å². The molecular weight excluding hydrogens is 216 g/mol. The van der Waals surface area contributed by atoms with E-state index in [1.165, 1.54) is 0 Å². The SMILES string of the molecule is CC(C)c1noc(CC(=O)c2ccccc2)n1. The predicted octanol–water partition coefficient (Wildman–Crippen LogP) is 2.62. The molecule has 0 spiro atoms. The number of rotatable bonds is 4. The van der Waals surface area contributed by atoms with Gasteiger partial charge in [-0.1, -0.05) is 49.3 Å². The number of aromatic nitrogens is 2. The fourth-order valence-electron chi connectivity index (χ4n) is 1.44. The van der Waals surface area contributed by atoms with E-state index in [4.69, 9.17) is 4.52 Å². The van der Waals surface area contributed by atoms with Crippen LogP contribution in [-0.4, -0.2) is 15.9 Å². The normalized spacial score (nSPS) is 10.8. The van der Waals surface area contributed by atoms with Crippen LogP contribution in [0.25, 0.3) is 0 Å². The molecule has 0 aliphatic rings. The third kappa shape index (κ3) is 2.78. The zero-order valence-corrected chi connectivity index (χ0v) is 9.88. The van der Waals surface area contributed by atoms with Crippen molar-refractivity contribution in [2.75, 3.05) is 0 Å². The van der Waals surface area contributed by atoms with Crippen LogP contribution in [0.4, 0.5) is 0 Å². The lowest BCUT2D eigenvalue weighted by Crippen LogP contribution is -2.03. The van der Waals surface area contributed by atoms with Gasteiger partial charge in [0.15, 0.2) is 11.6 Å². The van der Waals surface area contributed by atoms with E-state index in [9.17, 15) is 4.79 Å². The summed E-state index contributed by atoms with van der Waals surface area (Å²) in [7, 11) is 0. The molecule has 0 atom stereocenters. The molecule has 0 saturated heterocycles. The molecule has 0 aliphatic carbocycles. The van der Waals surface area contributed by atoms with Gasteiger partial charge in [0.2, 0.25) is 5.89 Å². The van der Waals surface area contributed by atoms with E-state index in [1.54, 1.807) is 12.1 Å². The van der Waals surface area contributed by atoms with E-state index < -0.39 is 0 Å². The molecular formula is C13H14N2O2. The van der Waals surface area contributed by atoms with Crippen molar-refractivity contribution in [1.29, 1.82) is 0 Å². The molecule has 4 nitrogen and oxygen atoms in total. The molecule has 0 bridgehead atoms. The maximum absolute atomic E-state index is 11.9. The molecule has 2 rings (SSSR count). The molecule has 2 aromatic rings. The van der Waals surface area contributed by atoms with Gasteiger partial charge in [-0.3, -0.25) is 4.79 Å². The minimum absolute atomic E-state index is 0.00967. The summed E-state index contributed by atoms with van der Waals surface area (Å²) in [5, 5.41) is 3.82. The Bertz CT molecular complexity index is 503. The van der Waals surface area contributed by atoms with Crippen molar-refractivity contribution in [3.8, 4) is 0 Å². The maximum atomic E-state index is 11.9. The van der Waals surface area contributed by atoms with Gasteiger partial charge in [0.05, 0.1) is 6.42 Å². The Balaban J connectivity index is 2.08. The molecule has 0 unspecified atom stereocenters. The van der Waals surface area contributed by atoms with Gasteiger partial charge >= 0.3 is 0 Å². The lowest BCUT2D eigenvalue weighted by atomic mass is 10.1. The van der Waals surface area contributed by atoms with Gasteiger partial charge in [-0.2, -0.15) is 4.98 Å². The molecule has 1 aromatic carbocycles. The smallest absolute Gasteiger partial charge is 0.234 e. The first kappa shape index (κ1) is 11.5. The molecule has 1 aromatic heterocycles. The van der Waals surface area contributed by atoms with Crippen molar-refractivity contribution in [1.82, 2.24) is 10.1 Å². The Hall–Kier alpha value is -1.97. The first-order valence-corrected chi connectivity index (χ1v) is 5.57. The summed E-state index contributed by atoms with van der Waals surface area (Å²) in [6, 6.07) is 9.10. The van der Waals surface area contributed by atoms with Crippen LogP contribution in [0, 0.1) is 0 Å². The number of benzene rings is 1. The summed E-state index contributed by atoms with van der Waals surface area (Å²) in [5.74, 6) is 1.22. The summed E-state index contributed by atoms with van der Waals surface area (Å²) in [4.78, 5) is 16.0. The van der Waals surface area contributed by atoms with E-state index in [2.05, 4.69) is 10.1 Å². The van der Waals surface area contributed by atoms with Crippen LogP contribution in [0.1, 0.15) is 41.8 Å². The van der Waals surface area contributed by atoms with E-state index in [0.717, 1.165) is 0 Å². The van der Waals surface area contributed by atoms with Crippen LogP contribution in [0.5, 0.6) is 0 Å². The highest BCUT2D eigenvalue weighted by molar-refractivity contribution is 5.96. The molecule has 0 radical (unpaired) electrons. The Morgan fingerprint density at radius 3 is 2.59 bits per heavy atom. The summed E-state index contributed by atoms with van der Waals surface area (Å²) in [6.45, 7) is 3.96. The minimum Gasteiger partial charge on any atom is -0.339 e. The molecule has 0 saturated carbocycles. The van der Waals surface area contributed by atoms with E-state index >= 15 is 0 Å². The second-order valence-electron chi connectivity index (χ2n) is 4.17. The van der Waals surface area contributed by atoms with E-state index in [-0.39, 0.29) is 18.1 Å². The molecule has 17 heavy (non-hydrogen) atoms. The van der Waals surface area contributed by atoms with Crippen molar-refractivity contribution in [2.45, 2.75) is 26.2 Å². The lowest BCUT2D eigenvalue weighted by Gasteiger charge is -1.96. The first-order chi connectivity index (χ1) is 8.16. The largest absolute Gasteiger partial charge is 0.339 e. The van der Waals surface area contributed by atoms with Gasteiger partial charge in [-0.15, -0.1) is 0 Å². The number of ketones is 1.